The Morgan fingerprint density at radius 3 is 2.67 bits per heavy atom. The molecule has 0 aromatic carbocycles. The Labute approximate surface area is 111 Å². The molecule has 5 nitrogen and oxygen atoms in total. The SMILES string of the molecule is CC(C)c1nc(N2CCSCC2)ncc1C(=O)O. The van der Waals surface area contributed by atoms with Crippen LogP contribution in [0.3, 0.4) is 0 Å². The average Bonchev–Trinajstić information content (AvgIpc) is 2.39. The summed E-state index contributed by atoms with van der Waals surface area (Å²) in [5, 5.41) is 9.12. The zero-order valence-corrected chi connectivity index (χ0v) is 11.4. The maximum absolute atomic E-state index is 11.1. The van der Waals surface area contributed by atoms with E-state index in [1.54, 1.807) is 0 Å². The Morgan fingerprint density at radius 1 is 1.44 bits per heavy atom. The Balaban J connectivity index is 2.33. The molecule has 0 radical (unpaired) electrons. The number of rotatable bonds is 3. The number of aromatic nitrogens is 2. The van der Waals surface area contributed by atoms with Gasteiger partial charge in [0.2, 0.25) is 5.95 Å². The fraction of sp³-hybridized carbons (Fsp3) is 0.583. The van der Waals surface area contributed by atoms with Gasteiger partial charge in [-0.3, -0.25) is 0 Å². The van der Waals surface area contributed by atoms with Gasteiger partial charge >= 0.3 is 5.97 Å². The van der Waals surface area contributed by atoms with Crippen molar-refractivity contribution in [2.75, 3.05) is 29.5 Å². The van der Waals surface area contributed by atoms with E-state index in [2.05, 4.69) is 14.9 Å². The molecular formula is C12H17N3O2S. The first kappa shape index (κ1) is 13.1. The molecule has 1 saturated heterocycles. The standard InChI is InChI=1S/C12H17N3O2S/c1-8(2)10-9(11(16)17)7-13-12(14-10)15-3-5-18-6-4-15/h7-8H,3-6H2,1-2H3,(H,16,17). The number of hydrogen-bond donors (Lipinski definition) is 1. The number of carbonyl (C=O) groups is 1. The van der Waals surface area contributed by atoms with E-state index in [0.717, 1.165) is 24.6 Å². The van der Waals surface area contributed by atoms with E-state index in [9.17, 15) is 4.79 Å². The third kappa shape index (κ3) is 2.75. The van der Waals surface area contributed by atoms with Crippen LogP contribution in [-0.4, -0.2) is 45.6 Å². The molecule has 0 aliphatic carbocycles. The third-order valence-corrected chi connectivity index (χ3v) is 3.82. The van der Waals surface area contributed by atoms with Gasteiger partial charge in [-0.1, -0.05) is 13.8 Å². The van der Waals surface area contributed by atoms with Crippen LogP contribution in [0.25, 0.3) is 0 Å². The molecule has 0 atom stereocenters. The average molecular weight is 267 g/mol. The topological polar surface area (TPSA) is 66.3 Å². The van der Waals surface area contributed by atoms with Crippen molar-refractivity contribution in [3.63, 3.8) is 0 Å². The van der Waals surface area contributed by atoms with E-state index < -0.39 is 5.97 Å². The number of thioether (sulfide) groups is 1. The van der Waals surface area contributed by atoms with Gasteiger partial charge in [-0.25, -0.2) is 14.8 Å². The summed E-state index contributed by atoms with van der Waals surface area (Å²) in [5.41, 5.74) is 0.825. The van der Waals surface area contributed by atoms with E-state index in [0.29, 0.717) is 11.6 Å². The molecular weight excluding hydrogens is 250 g/mol. The number of anilines is 1. The Hall–Kier alpha value is -1.30. The van der Waals surface area contributed by atoms with Crippen LogP contribution in [0.2, 0.25) is 0 Å². The molecule has 0 spiro atoms. The molecule has 0 unspecified atom stereocenters. The fourth-order valence-electron chi connectivity index (χ4n) is 1.91. The molecule has 6 heteroatoms. The predicted octanol–water partition coefficient (Wildman–Crippen LogP) is 1.85. The molecule has 0 saturated carbocycles. The molecule has 2 rings (SSSR count). The van der Waals surface area contributed by atoms with Crippen molar-refractivity contribution < 1.29 is 9.90 Å². The number of aromatic carboxylic acids is 1. The zero-order chi connectivity index (χ0) is 13.1. The van der Waals surface area contributed by atoms with Crippen molar-refractivity contribution in [2.24, 2.45) is 0 Å². The summed E-state index contributed by atoms with van der Waals surface area (Å²) in [7, 11) is 0. The first-order valence-corrected chi connectivity index (χ1v) is 7.18. The number of nitrogens with zero attached hydrogens (tertiary/aromatic N) is 3. The van der Waals surface area contributed by atoms with E-state index in [-0.39, 0.29) is 11.5 Å². The van der Waals surface area contributed by atoms with Gasteiger partial charge in [0.25, 0.3) is 0 Å². The van der Waals surface area contributed by atoms with Gasteiger partial charge in [0.15, 0.2) is 0 Å². The molecule has 0 bridgehead atoms. The molecule has 1 aromatic heterocycles. The summed E-state index contributed by atoms with van der Waals surface area (Å²) in [6.45, 7) is 5.75. The predicted molar refractivity (Wildman–Crippen MR) is 72.6 cm³/mol. The Bertz CT molecular complexity index is 445. The Kier molecular flexibility index (Phi) is 4.06. The second-order valence-corrected chi connectivity index (χ2v) is 5.75. The monoisotopic (exact) mass is 267 g/mol. The highest BCUT2D eigenvalue weighted by atomic mass is 32.2. The summed E-state index contributed by atoms with van der Waals surface area (Å²) >= 11 is 1.92. The van der Waals surface area contributed by atoms with Gasteiger partial charge in [0.1, 0.15) is 0 Å². The van der Waals surface area contributed by atoms with Gasteiger partial charge in [-0.2, -0.15) is 11.8 Å². The number of carboxylic acid groups (broad SMARTS) is 1. The maximum Gasteiger partial charge on any atom is 0.339 e. The quantitative estimate of drug-likeness (QED) is 0.901. The highest BCUT2D eigenvalue weighted by Gasteiger charge is 2.19. The van der Waals surface area contributed by atoms with Crippen molar-refractivity contribution in [1.29, 1.82) is 0 Å². The van der Waals surface area contributed by atoms with Crippen molar-refractivity contribution in [1.82, 2.24) is 9.97 Å². The first-order valence-electron chi connectivity index (χ1n) is 6.02. The van der Waals surface area contributed by atoms with Crippen LogP contribution >= 0.6 is 11.8 Å². The minimum absolute atomic E-state index is 0.0806. The second-order valence-electron chi connectivity index (χ2n) is 4.53. The molecule has 1 aliphatic heterocycles. The van der Waals surface area contributed by atoms with Gasteiger partial charge in [-0.15, -0.1) is 0 Å². The van der Waals surface area contributed by atoms with Crippen LogP contribution in [0.15, 0.2) is 6.20 Å². The normalized spacial score (nSPS) is 16.1. The van der Waals surface area contributed by atoms with Gasteiger partial charge in [0, 0.05) is 30.8 Å². The molecule has 0 amide bonds. The first-order chi connectivity index (χ1) is 8.59. The summed E-state index contributed by atoms with van der Waals surface area (Å²) in [6, 6.07) is 0. The lowest BCUT2D eigenvalue weighted by molar-refractivity contribution is 0.0694. The maximum atomic E-state index is 11.1. The van der Waals surface area contributed by atoms with E-state index in [1.807, 2.05) is 25.6 Å². The molecule has 1 aromatic rings. The molecule has 1 aliphatic rings. The summed E-state index contributed by atoms with van der Waals surface area (Å²) in [5.74, 6) is 1.92. The fourth-order valence-corrected chi connectivity index (χ4v) is 2.81. The van der Waals surface area contributed by atoms with Crippen LogP contribution in [0, 0.1) is 0 Å². The van der Waals surface area contributed by atoms with Crippen molar-refractivity contribution in [2.45, 2.75) is 19.8 Å². The second kappa shape index (κ2) is 5.56. The van der Waals surface area contributed by atoms with Crippen LogP contribution < -0.4 is 4.90 Å². The number of hydrogen-bond acceptors (Lipinski definition) is 5. The lowest BCUT2D eigenvalue weighted by atomic mass is 10.1. The Morgan fingerprint density at radius 2 is 2.11 bits per heavy atom. The lowest BCUT2D eigenvalue weighted by Crippen LogP contribution is -2.34. The third-order valence-electron chi connectivity index (χ3n) is 2.88. The lowest BCUT2D eigenvalue weighted by Gasteiger charge is -2.27. The zero-order valence-electron chi connectivity index (χ0n) is 10.6. The molecule has 98 valence electrons. The minimum atomic E-state index is -0.959. The minimum Gasteiger partial charge on any atom is -0.478 e. The summed E-state index contributed by atoms with van der Waals surface area (Å²) < 4.78 is 0. The summed E-state index contributed by atoms with van der Waals surface area (Å²) in [6.07, 6.45) is 1.43. The highest BCUT2D eigenvalue weighted by molar-refractivity contribution is 7.99. The smallest absolute Gasteiger partial charge is 0.339 e. The molecule has 1 N–H and O–H groups in total. The van der Waals surface area contributed by atoms with Crippen LogP contribution in [0.1, 0.15) is 35.8 Å². The van der Waals surface area contributed by atoms with Crippen molar-refractivity contribution >= 4 is 23.7 Å². The molecule has 18 heavy (non-hydrogen) atoms. The van der Waals surface area contributed by atoms with Crippen LogP contribution in [-0.2, 0) is 0 Å². The van der Waals surface area contributed by atoms with E-state index >= 15 is 0 Å². The molecule has 2 heterocycles. The van der Waals surface area contributed by atoms with Crippen molar-refractivity contribution in [3.05, 3.63) is 17.5 Å². The van der Waals surface area contributed by atoms with Gasteiger partial charge in [-0.05, 0) is 5.92 Å². The van der Waals surface area contributed by atoms with E-state index in [1.165, 1.54) is 6.20 Å². The van der Waals surface area contributed by atoms with Gasteiger partial charge in [0.05, 0.1) is 11.3 Å². The largest absolute Gasteiger partial charge is 0.478 e. The van der Waals surface area contributed by atoms with Crippen LogP contribution in [0.5, 0.6) is 0 Å². The van der Waals surface area contributed by atoms with Crippen molar-refractivity contribution in [3.8, 4) is 0 Å². The van der Waals surface area contributed by atoms with Crippen LogP contribution in [0.4, 0.5) is 5.95 Å². The van der Waals surface area contributed by atoms with Gasteiger partial charge < -0.3 is 10.0 Å². The van der Waals surface area contributed by atoms with E-state index in [4.69, 9.17) is 5.11 Å². The summed E-state index contributed by atoms with van der Waals surface area (Å²) in [4.78, 5) is 21.9. The molecule has 1 fully saturated rings. The number of carboxylic acids is 1. The highest BCUT2D eigenvalue weighted by Crippen LogP contribution is 2.21.